The van der Waals surface area contributed by atoms with Gasteiger partial charge in [0, 0.05) is 12.6 Å². The van der Waals surface area contributed by atoms with E-state index in [4.69, 9.17) is 16.3 Å². The molecule has 20 heavy (non-hydrogen) atoms. The van der Waals surface area contributed by atoms with Crippen molar-refractivity contribution in [3.05, 3.63) is 47.8 Å². The summed E-state index contributed by atoms with van der Waals surface area (Å²) >= 11 is 5.81. The molecule has 0 radical (unpaired) electrons. The lowest BCUT2D eigenvalue weighted by Gasteiger charge is -2.08. The standard InChI is InChI=1S/C14H15ClN4O/c1-11-4-3-8-16-10-12(7-9-20-11)18-19-14-6-2-5-13(15)17-14/h2-6,8H,1,7,9-10H2,(H,17,19)/b4-3-,16-8-,18-12+. The summed E-state index contributed by atoms with van der Waals surface area (Å²) in [6.45, 7) is 4.79. The van der Waals surface area contributed by atoms with Crippen LogP contribution in [0.15, 0.2) is 52.8 Å². The van der Waals surface area contributed by atoms with E-state index in [1.807, 2.05) is 0 Å². The summed E-state index contributed by atoms with van der Waals surface area (Å²) < 4.78 is 5.43. The Kier molecular flexibility index (Phi) is 5.32. The Bertz CT molecular complexity index is 566. The summed E-state index contributed by atoms with van der Waals surface area (Å²) in [7, 11) is 0. The summed E-state index contributed by atoms with van der Waals surface area (Å²) in [5.74, 6) is 1.21. The molecule has 0 amide bonds. The Balaban J connectivity index is 2.02. The van der Waals surface area contributed by atoms with E-state index >= 15 is 0 Å². The molecule has 0 saturated carbocycles. The number of hydrazone groups is 1. The normalized spacial score (nSPS) is 21.1. The molecule has 1 N–H and O–H groups in total. The average molecular weight is 291 g/mol. The number of hydrogen-bond donors (Lipinski definition) is 1. The first-order chi connectivity index (χ1) is 9.74. The van der Waals surface area contributed by atoms with E-state index in [1.54, 1.807) is 36.6 Å². The van der Waals surface area contributed by atoms with Gasteiger partial charge in [0.05, 0.1) is 18.9 Å². The van der Waals surface area contributed by atoms with E-state index in [9.17, 15) is 0 Å². The highest BCUT2D eigenvalue weighted by atomic mass is 35.5. The first-order valence-corrected chi connectivity index (χ1v) is 6.54. The van der Waals surface area contributed by atoms with Crippen LogP contribution in [0.3, 0.4) is 0 Å². The molecule has 0 bridgehead atoms. The van der Waals surface area contributed by atoms with Crippen LogP contribution in [-0.2, 0) is 4.74 Å². The zero-order valence-electron chi connectivity index (χ0n) is 10.9. The van der Waals surface area contributed by atoms with Gasteiger partial charge in [-0.05, 0) is 24.3 Å². The van der Waals surface area contributed by atoms with Gasteiger partial charge in [-0.25, -0.2) is 4.98 Å². The fraction of sp³-hybridized carbons (Fsp3) is 0.214. The fourth-order valence-electron chi connectivity index (χ4n) is 1.49. The largest absolute Gasteiger partial charge is 0.494 e. The Morgan fingerprint density at radius 2 is 2.30 bits per heavy atom. The molecule has 5 nitrogen and oxygen atoms in total. The van der Waals surface area contributed by atoms with E-state index in [2.05, 4.69) is 27.1 Å². The molecule has 0 aliphatic carbocycles. The zero-order chi connectivity index (χ0) is 14.2. The summed E-state index contributed by atoms with van der Waals surface area (Å²) in [6.07, 6.45) is 5.93. The quantitative estimate of drug-likeness (QED) is 0.673. The topological polar surface area (TPSA) is 58.9 Å². The Morgan fingerprint density at radius 3 is 3.15 bits per heavy atom. The molecular formula is C14H15ClN4O. The minimum Gasteiger partial charge on any atom is -0.494 e. The van der Waals surface area contributed by atoms with Crippen LogP contribution in [0.5, 0.6) is 0 Å². The van der Waals surface area contributed by atoms with E-state index in [1.165, 1.54) is 0 Å². The minimum atomic E-state index is 0.420. The van der Waals surface area contributed by atoms with Crippen molar-refractivity contribution < 1.29 is 4.74 Å². The van der Waals surface area contributed by atoms with Gasteiger partial charge in [-0.2, -0.15) is 5.10 Å². The molecule has 0 spiro atoms. The van der Waals surface area contributed by atoms with Gasteiger partial charge in [0.15, 0.2) is 0 Å². The number of anilines is 1. The Labute approximate surface area is 122 Å². The van der Waals surface area contributed by atoms with Crippen molar-refractivity contribution in [1.82, 2.24) is 4.98 Å². The lowest BCUT2D eigenvalue weighted by molar-refractivity contribution is 0.235. The SMILES string of the molecule is C=C1/C=C\C=N/C/C(=N/Nc2cccc(Cl)n2)CCO1. The number of nitrogens with zero attached hydrogens (tertiary/aromatic N) is 3. The number of ether oxygens (including phenoxy) is 1. The number of aliphatic imine (C=N–C) groups is 1. The highest BCUT2D eigenvalue weighted by Gasteiger charge is 2.02. The van der Waals surface area contributed by atoms with Crippen LogP contribution < -0.4 is 5.43 Å². The van der Waals surface area contributed by atoms with Gasteiger partial charge in [-0.3, -0.25) is 10.4 Å². The molecule has 2 heterocycles. The molecule has 6 heteroatoms. The Morgan fingerprint density at radius 1 is 1.40 bits per heavy atom. The Hall–Kier alpha value is -2.14. The number of allylic oxidation sites excluding steroid dienone is 2. The first-order valence-electron chi connectivity index (χ1n) is 6.16. The van der Waals surface area contributed by atoms with E-state index < -0.39 is 0 Å². The van der Waals surface area contributed by atoms with Crippen molar-refractivity contribution in [3.63, 3.8) is 0 Å². The minimum absolute atomic E-state index is 0.420. The molecule has 0 fully saturated rings. The second-order valence-electron chi connectivity index (χ2n) is 4.05. The number of aromatic nitrogens is 1. The van der Waals surface area contributed by atoms with Crippen LogP contribution in [0.1, 0.15) is 6.42 Å². The maximum Gasteiger partial charge on any atom is 0.147 e. The van der Waals surface area contributed by atoms with Gasteiger partial charge < -0.3 is 4.74 Å². The van der Waals surface area contributed by atoms with Crippen molar-refractivity contribution in [2.24, 2.45) is 10.1 Å². The van der Waals surface area contributed by atoms with Crippen LogP contribution in [0.4, 0.5) is 5.82 Å². The van der Waals surface area contributed by atoms with Crippen molar-refractivity contribution in [2.75, 3.05) is 18.6 Å². The van der Waals surface area contributed by atoms with Gasteiger partial charge in [0.1, 0.15) is 16.7 Å². The smallest absolute Gasteiger partial charge is 0.147 e. The van der Waals surface area contributed by atoms with Crippen molar-refractivity contribution >= 4 is 29.3 Å². The number of pyridine rings is 1. The van der Waals surface area contributed by atoms with Crippen LogP contribution in [0.25, 0.3) is 0 Å². The third kappa shape index (κ3) is 4.85. The summed E-state index contributed by atoms with van der Waals surface area (Å²) in [6, 6.07) is 5.31. The summed E-state index contributed by atoms with van der Waals surface area (Å²) in [5, 5.41) is 4.71. The monoisotopic (exact) mass is 290 g/mol. The predicted octanol–water partition coefficient (Wildman–Crippen LogP) is 3.06. The molecule has 1 aliphatic heterocycles. The van der Waals surface area contributed by atoms with E-state index in [0.29, 0.717) is 36.3 Å². The number of rotatable bonds is 2. The van der Waals surface area contributed by atoms with E-state index in [0.717, 1.165) is 5.71 Å². The molecular weight excluding hydrogens is 276 g/mol. The first kappa shape index (κ1) is 14.3. The maximum absolute atomic E-state index is 5.81. The molecule has 1 aromatic heterocycles. The van der Waals surface area contributed by atoms with Crippen molar-refractivity contribution in [1.29, 1.82) is 0 Å². The molecule has 0 aromatic carbocycles. The molecule has 1 aromatic rings. The van der Waals surface area contributed by atoms with Gasteiger partial charge in [0.2, 0.25) is 0 Å². The van der Waals surface area contributed by atoms with Gasteiger partial charge in [-0.15, -0.1) is 0 Å². The van der Waals surface area contributed by atoms with Crippen molar-refractivity contribution in [2.45, 2.75) is 6.42 Å². The highest BCUT2D eigenvalue weighted by Crippen LogP contribution is 2.09. The molecule has 0 atom stereocenters. The second-order valence-corrected chi connectivity index (χ2v) is 4.44. The lowest BCUT2D eigenvalue weighted by Crippen LogP contribution is -2.11. The molecule has 2 rings (SSSR count). The predicted molar refractivity (Wildman–Crippen MR) is 82.5 cm³/mol. The zero-order valence-corrected chi connectivity index (χ0v) is 11.7. The number of nitrogens with one attached hydrogen (secondary N) is 1. The number of hydrogen-bond acceptors (Lipinski definition) is 5. The van der Waals surface area contributed by atoms with Gasteiger partial charge in [-0.1, -0.05) is 24.2 Å². The van der Waals surface area contributed by atoms with Crippen LogP contribution in [-0.4, -0.2) is 30.1 Å². The molecule has 1 aliphatic rings. The van der Waals surface area contributed by atoms with Gasteiger partial charge >= 0.3 is 0 Å². The third-order valence-electron chi connectivity index (χ3n) is 2.47. The third-order valence-corrected chi connectivity index (χ3v) is 2.68. The fourth-order valence-corrected chi connectivity index (χ4v) is 1.66. The second kappa shape index (κ2) is 7.45. The number of halogens is 1. The van der Waals surface area contributed by atoms with Crippen LogP contribution in [0, 0.1) is 0 Å². The highest BCUT2D eigenvalue weighted by molar-refractivity contribution is 6.29. The molecule has 0 unspecified atom stereocenters. The van der Waals surface area contributed by atoms with E-state index in [-0.39, 0.29) is 0 Å². The van der Waals surface area contributed by atoms with Crippen LogP contribution >= 0.6 is 11.6 Å². The van der Waals surface area contributed by atoms with Gasteiger partial charge in [0.25, 0.3) is 0 Å². The molecule has 104 valence electrons. The maximum atomic E-state index is 5.81. The summed E-state index contributed by atoms with van der Waals surface area (Å²) in [5.41, 5.74) is 3.74. The summed E-state index contributed by atoms with van der Waals surface area (Å²) in [4.78, 5) is 8.35. The lowest BCUT2D eigenvalue weighted by atomic mass is 10.3. The van der Waals surface area contributed by atoms with Crippen LogP contribution in [0.2, 0.25) is 5.15 Å². The molecule has 0 saturated heterocycles. The van der Waals surface area contributed by atoms with Crippen molar-refractivity contribution in [3.8, 4) is 0 Å². The average Bonchev–Trinajstić information content (AvgIpc) is 2.44.